The van der Waals surface area contributed by atoms with Gasteiger partial charge in [0.15, 0.2) is 0 Å². The van der Waals surface area contributed by atoms with Crippen LogP contribution in [0.1, 0.15) is 29.5 Å². The predicted molar refractivity (Wildman–Crippen MR) is 81.8 cm³/mol. The summed E-state index contributed by atoms with van der Waals surface area (Å²) in [6.45, 7) is 2.55. The van der Waals surface area contributed by atoms with Gasteiger partial charge in [0, 0.05) is 12.1 Å². The Bertz CT molecular complexity index is 707. The third kappa shape index (κ3) is 4.19. The molecule has 0 atom stereocenters. The van der Waals surface area contributed by atoms with Crippen molar-refractivity contribution < 1.29 is 17.6 Å². The summed E-state index contributed by atoms with van der Waals surface area (Å²) in [4.78, 5) is 12.1. The minimum atomic E-state index is -3.51. The first-order chi connectivity index (χ1) is 10.5. The number of hydrogen-bond acceptors (Lipinski definition) is 4. The molecule has 0 aliphatic rings. The van der Waals surface area contributed by atoms with E-state index in [0.29, 0.717) is 24.3 Å². The van der Waals surface area contributed by atoms with Gasteiger partial charge in [0.25, 0.3) is 5.91 Å². The molecule has 0 fully saturated rings. The second-order valence-electron chi connectivity index (χ2n) is 4.68. The van der Waals surface area contributed by atoms with E-state index >= 15 is 0 Å². The van der Waals surface area contributed by atoms with Crippen molar-refractivity contribution in [2.24, 2.45) is 0 Å². The molecule has 0 unspecified atom stereocenters. The number of carbonyl (C=O) groups excluding carboxylic acids is 1. The molecule has 0 bridgehead atoms. The van der Waals surface area contributed by atoms with Crippen LogP contribution in [-0.2, 0) is 16.6 Å². The highest BCUT2D eigenvalue weighted by Gasteiger charge is 2.14. The molecule has 0 aliphatic carbocycles. The van der Waals surface area contributed by atoms with Crippen molar-refractivity contribution in [2.75, 3.05) is 6.54 Å². The van der Waals surface area contributed by atoms with Crippen molar-refractivity contribution in [3.05, 3.63) is 54.0 Å². The number of hydrogen-bond donors (Lipinski definition) is 2. The number of sulfonamides is 1. The van der Waals surface area contributed by atoms with Gasteiger partial charge in [-0.2, -0.15) is 0 Å². The molecule has 0 radical (unpaired) electrons. The van der Waals surface area contributed by atoms with Crippen LogP contribution in [-0.4, -0.2) is 20.9 Å². The molecule has 6 nitrogen and oxygen atoms in total. The van der Waals surface area contributed by atoms with E-state index in [0.717, 1.165) is 0 Å². The molecule has 0 saturated carbocycles. The highest BCUT2D eigenvalue weighted by Crippen LogP contribution is 2.11. The Kier molecular flexibility index (Phi) is 5.35. The highest BCUT2D eigenvalue weighted by molar-refractivity contribution is 7.89. The zero-order chi connectivity index (χ0) is 16.0. The molecule has 1 heterocycles. The van der Waals surface area contributed by atoms with Gasteiger partial charge in [-0.25, -0.2) is 13.1 Å². The predicted octanol–water partition coefficient (Wildman–Crippen LogP) is 1.90. The molecule has 0 saturated heterocycles. The Morgan fingerprint density at radius 3 is 2.50 bits per heavy atom. The van der Waals surface area contributed by atoms with Crippen molar-refractivity contribution >= 4 is 15.9 Å². The zero-order valence-electron chi connectivity index (χ0n) is 12.2. The lowest BCUT2D eigenvalue weighted by atomic mass is 10.2. The van der Waals surface area contributed by atoms with Gasteiger partial charge in [-0.15, -0.1) is 0 Å². The fraction of sp³-hybridized carbons (Fsp3) is 0.267. The molecule has 2 aromatic rings. The Morgan fingerprint density at radius 1 is 1.18 bits per heavy atom. The van der Waals surface area contributed by atoms with Crippen LogP contribution in [0.15, 0.2) is 52.0 Å². The van der Waals surface area contributed by atoms with Crippen LogP contribution in [0.4, 0.5) is 0 Å². The number of benzene rings is 1. The first-order valence-electron chi connectivity index (χ1n) is 6.93. The van der Waals surface area contributed by atoms with Gasteiger partial charge < -0.3 is 9.73 Å². The number of furan rings is 1. The van der Waals surface area contributed by atoms with E-state index in [1.807, 2.05) is 6.92 Å². The standard InChI is InChI=1S/C15H18N2O4S/c1-2-9-17-22(19,20)14-7-5-12(6-8-14)15(18)16-11-13-4-3-10-21-13/h3-8,10,17H,2,9,11H2,1H3,(H,16,18). The summed E-state index contributed by atoms with van der Waals surface area (Å²) in [5.41, 5.74) is 0.390. The summed E-state index contributed by atoms with van der Waals surface area (Å²) in [7, 11) is -3.51. The van der Waals surface area contributed by atoms with Gasteiger partial charge in [-0.05, 0) is 42.8 Å². The Balaban J connectivity index is 2.00. The van der Waals surface area contributed by atoms with E-state index in [1.54, 1.807) is 12.1 Å². The first-order valence-corrected chi connectivity index (χ1v) is 8.41. The maximum absolute atomic E-state index is 12.0. The second kappa shape index (κ2) is 7.24. The van der Waals surface area contributed by atoms with Crippen molar-refractivity contribution in [2.45, 2.75) is 24.8 Å². The van der Waals surface area contributed by atoms with E-state index in [2.05, 4.69) is 10.0 Å². The molecular formula is C15H18N2O4S. The fourth-order valence-corrected chi connectivity index (χ4v) is 2.92. The smallest absolute Gasteiger partial charge is 0.251 e. The molecule has 7 heteroatoms. The highest BCUT2D eigenvalue weighted by atomic mass is 32.2. The van der Waals surface area contributed by atoms with Crippen LogP contribution in [0.2, 0.25) is 0 Å². The molecular weight excluding hydrogens is 304 g/mol. The second-order valence-corrected chi connectivity index (χ2v) is 6.45. The largest absolute Gasteiger partial charge is 0.467 e. The molecule has 22 heavy (non-hydrogen) atoms. The summed E-state index contributed by atoms with van der Waals surface area (Å²) >= 11 is 0. The summed E-state index contributed by atoms with van der Waals surface area (Å²) in [6.07, 6.45) is 2.25. The number of amides is 1. The van der Waals surface area contributed by atoms with Gasteiger partial charge in [-0.1, -0.05) is 6.92 Å². The monoisotopic (exact) mass is 322 g/mol. The molecule has 1 aromatic carbocycles. The summed E-state index contributed by atoms with van der Waals surface area (Å²) in [5, 5.41) is 2.70. The van der Waals surface area contributed by atoms with E-state index < -0.39 is 10.0 Å². The summed E-state index contributed by atoms with van der Waals surface area (Å²) in [6, 6.07) is 9.30. The molecule has 1 amide bonds. The average molecular weight is 322 g/mol. The quantitative estimate of drug-likeness (QED) is 0.815. The van der Waals surface area contributed by atoms with Crippen LogP contribution in [0, 0.1) is 0 Å². The summed E-state index contributed by atoms with van der Waals surface area (Å²) < 4.78 is 31.5. The number of carbonyl (C=O) groups is 1. The van der Waals surface area contributed by atoms with Crippen molar-refractivity contribution in [1.29, 1.82) is 0 Å². The van der Waals surface area contributed by atoms with Crippen LogP contribution in [0.3, 0.4) is 0 Å². The van der Waals surface area contributed by atoms with Gasteiger partial charge >= 0.3 is 0 Å². The lowest BCUT2D eigenvalue weighted by Crippen LogP contribution is -2.25. The third-order valence-corrected chi connectivity index (χ3v) is 4.45. The van der Waals surface area contributed by atoms with E-state index in [9.17, 15) is 13.2 Å². The van der Waals surface area contributed by atoms with Gasteiger partial charge in [-0.3, -0.25) is 4.79 Å². The minimum absolute atomic E-state index is 0.142. The van der Waals surface area contributed by atoms with Crippen LogP contribution in [0.5, 0.6) is 0 Å². The molecule has 0 spiro atoms. The maximum Gasteiger partial charge on any atom is 0.251 e. The summed E-state index contributed by atoms with van der Waals surface area (Å²) in [5.74, 6) is 0.359. The SMILES string of the molecule is CCCNS(=O)(=O)c1ccc(C(=O)NCc2ccco2)cc1. The molecule has 0 aliphatic heterocycles. The van der Waals surface area contributed by atoms with Gasteiger partial charge in [0.2, 0.25) is 10.0 Å². The van der Waals surface area contributed by atoms with Crippen molar-refractivity contribution in [3.8, 4) is 0 Å². The molecule has 2 N–H and O–H groups in total. The van der Waals surface area contributed by atoms with Crippen LogP contribution < -0.4 is 10.0 Å². The normalized spacial score (nSPS) is 11.3. The Morgan fingerprint density at radius 2 is 1.91 bits per heavy atom. The van der Waals surface area contributed by atoms with Crippen LogP contribution >= 0.6 is 0 Å². The molecule has 2 rings (SSSR count). The van der Waals surface area contributed by atoms with Crippen LogP contribution in [0.25, 0.3) is 0 Å². The van der Waals surface area contributed by atoms with E-state index in [-0.39, 0.29) is 17.3 Å². The number of nitrogens with one attached hydrogen (secondary N) is 2. The maximum atomic E-state index is 12.0. The average Bonchev–Trinajstić information content (AvgIpc) is 3.04. The zero-order valence-corrected chi connectivity index (χ0v) is 13.0. The topological polar surface area (TPSA) is 88.4 Å². The Labute approximate surface area is 129 Å². The van der Waals surface area contributed by atoms with Gasteiger partial charge in [0.1, 0.15) is 5.76 Å². The van der Waals surface area contributed by atoms with Crippen molar-refractivity contribution in [1.82, 2.24) is 10.0 Å². The van der Waals surface area contributed by atoms with Crippen molar-refractivity contribution in [3.63, 3.8) is 0 Å². The van der Waals surface area contributed by atoms with E-state index in [1.165, 1.54) is 30.5 Å². The first kappa shape index (κ1) is 16.3. The minimum Gasteiger partial charge on any atom is -0.467 e. The van der Waals surface area contributed by atoms with Gasteiger partial charge in [0.05, 0.1) is 17.7 Å². The number of rotatable bonds is 7. The third-order valence-electron chi connectivity index (χ3n) is 2.97. The fourth-order valence-electron chi connectivity index (χ4n) is 1.79. The van der Waals surface area contributed by atoms with E-state index in [4.69, 9.17) is 4.42 Å². The lowest BCUT2D eigenvalue weighted by Gasteiger charge is -2.07. The lowest BCUT2D eigenvalue weighted by molar-refractivity contribution is 0.0948. The Hall–Kier alpha value is -2.12. The molecule has 118 valence electrons. The molecule has 1 aromatic heterocycles.